The number of nitrogens with one attached hydrogen (secondary N) is 1. The summed E-state index contributed by atoms with van der Waals surface area (Å²) >= 11 is 7.42. The van der Waals surface area contributed by atoms with E-state index in [1.807, 2.05) is 18.4 Å². The van der Waals surface area contributed by atoms with Crippen molar-refractivity contribution in [3.8, 4) is 5.75 Å². The van der Waals surface area contributed by atoms with Crippen molar-refractivity contribution in [1.82, 2.24) is 4.98 Å². The molecule has 0 saturated heterocycles. The van der Waals surface area contributed by atoms with Crippen molar-refractivity contribution in [2.45, 2.75) is 13.3 Å². The highest BCUT2D eigenvalue weighted by Gasteiger charge is 2.08. The number of thiazole rings is 1. The minimum atomic E-state index is -0.115. The van der Waals surface area contributed by atoms with Crippen molar-refractivity contribution in [1.29, 1.82) is 0 Å². The SMILES string of the molecule is COc1ccc(CC(=O)Nc2nc(C)cs2)cc1Cl. The van der Waals surface area contributed by atoms with Crippen LogP contribution in [-0.2, 0) is 11.2 Å². The zero-order valence-corrected chi connectivity index (χ0v) is 12.1. The van der Waals surface area contributed by atoms with Crippen LogP contribution in [0.2, 0.25) is 5.02 Å². The molecule has 0 radical (unpaired) electrons. The zero-order valence-electron chi connectivity index (χ0n) is 10.6. The molecule has 4 nitrogen and oxygen atoms in total. The molecular weight excluding hydrogens is 284 g/mol. The zero-order chi connectivity index (χ0) is 13.8. The van der Waals surface area contributed by atoms with Crippen LogP contribution in [0.5, 0.6) is 5.75 Å². The maximum atomic E-state index is 11.8. The molecule has 1 aromatic carbocycles. The lowest BCUT2D eigenvalue weighted by molar-refractivity contribution is -0.115. The van der Waals surface area contributed by atoms with Crippen LogP contribution in [0.4, 0.5) is 5.13 Å². The van der Waals surface area contributed by atoms with Crippen molar-refractivity contribution in [2.75, 3.05) is 12.4 Å². The number of nitrogens with zero attached hydrogens (tertiary/aromatic N) is 1. The number of hydrogen-bond acceptors (Lipinski definition) is 4. The van der Waals surface area contributed by atoms with Gasteiger partial charge >= 0.3 is 0 Å². The Morgan fingerprint density at radius 2 is 2.32 bits per heavy atom. The Kier molecular flexibility index (Phi) is 4.39. The van der Waals surface area contributed by atoms with Gasteiger partial charge in [-0.15, -0.1) is 11.3 Å². The maximum Gasteiger partial charge on any atom is 0.230 e. The number of aryl methyl sites for hydroxylation is 1. The number of benzene rings is 1. The van der Waals surface area contributed by atoms with Crippen molar-refractivity contribution in [2.24, 2.45) is 0 Å². The van der Waals surface area contributed by atoms with E-state index >= 15 is 0 Å². The molecule has 1 amide bonds. The topological polar surface area (TPSA) is 51.2 Å². The van der Waals surface area contributed by atoms with Crippen LogP contribution in [0.25, 0.3) is 0 Å². The summed E-state index contributed by atoms with van der Waals surface area (Å²) in [7, 11) is 1.55. The van der Waals surface area contributed by atoms with Gasteiger partial charge in [-0.3, -0.25) is 4.79 Å². The second-order valence-corrected chi connectivity index (χ2v) is 5.25. The summed E-state index contributed by atoms with van der Waals surface area (Å²) in [6.45, 7) is 1.88. The Hall–Kier alpha value is -1.59. The molecule has 0 aliphatic heterocycles. The first-order valence-corrected chi connectivity index (χ1v) is 6.88. The number of hydrogen-bond donors (Lipinski definition) is 1. The molecule has 1 heterocycles. The number of ether oxygens (including phenoxy) is 1. The summed E-state index contributed by atoms with van der Waals surface area (Å²) in [5.74, 6) is 0.483. The number of amides is 1. The highest BCUT2D eigenvalue weighted by molar-refractivity contribution is 7.13. The van der Waals surface area contributed by atoms with Crippen LogP contribution in [0.3, 0.4) is 0 Å². The highest BCUT2D eigenvalue weighted by atomic mass is 35.5. The van der Waals surface area contributed by atoms with E-state index in [0.29, 0.717) is 15.9 Å². The van der Waals surface area contributed by atoms with E-state index in [1.54, 1.807) is 19.2 Å². The van der Waals surface area contributed by atoms with Crippen LogP contribution < -0.4 is 10.1 Å². The van der Waals surface area contributed by atoms with E-state index in [0.717, 1.165) is 11.3 Å². The van der Waals surface area contributed by atoms with Crippen molar-refractivity contribution in [3.63, 3.8) is 0 Å². The van der Waals surface area contributed by atoms with Gasteiger partial charge in [-0.2, -0.15) is 0 Å². The van der Waals surface area contributed by atoms with Crippen molar-refractivity contribution >= 4 is 34.0 Å². The van der Waals surface area contributed by atoms with E-state index in [4.69, 9.17) is 16.3 Å². The fourth-order valence-corrected chi connectivity index (χ4v) is 2.56. The first-order chi connectivity index (χ1) is 9.08. The van der Waals surface area contributed by atoms with E-state index in [9.17, 15) is 4.79 Å². The van der Waals surface area contributed by atoms with E-state index in [1.165, 1.54) is 11.3 Å². The van der Waals surface area contributed by atoms with Gasteiger partial charge in [-0.1, -0.05) is 17.7 Å². The van der Waals surface area contributed by atoms with E-state index in [-0.39, 0.29) is 12.3 Å². The molecule has 1 N–H and O–H groups in total. The first-order valence-electron chi connectivity index (χ1n) is 5.63. The molecule has 0 fully saturated rings. The molecule has 6 heteroatoms. The third kappa shape index (κ3) is 3.68. The van der Waals surface area contributed by atoms with Crippen LogP contribution in [0.15, 0.2) is 23.6 Å². The van der Waals surface area contributed by atoms with Gasteiger partial charge in [0.1, 0.15) is 5.75 Å². The van der Waals surface area contributed by atoms with Gasteiger partial charge < -0.3 is 10.1 Å². The Labute approximate surface area is 120 Å². The van der Waals surface area contributed by atoms with Crippen molar-refractivity contribution < 1.29 is 9.53 Å². The number of methoxy groups -OCH3 is 1. The normalized spacial score (nSPS) is 10.3. The van der Waals surface area contributed by atoms with Crippen LogP contribution in [0, 0.1) is 6.92 Å². The number of aromatic nitrogens is 1. The predicted molar refractivity (Wildman–Crippen MR) is 77.2 cm³/mol. The van der Waals surface area contributed by atoms with Gasteiger partial charge in [-0.05, 0) is 24.6 Å². The van der Waals surface area contributed by atoms with Gasteiger partial charge in [0.25, 0.3) is 0 Å². The van der Waals surface area contributed by atoms with Gasteiger partial charge in [0, 0.05) is 5.38 Å². The molecule has 0 spiro atoms. The lowest BCUT2D eigenvalue weighted by Gasteiger charge is -2.06. The van der Waals surface area contributed by atoms with E-state index < -0.39 is 0 Å². The predicted octanol–water partition coefficient (Wildman–Crippen LogP) is 3.29. The molecule has 2 rings (SSSR count). The monoisotopic (exact) mass is 296 g/mol. The van der Waals surface area contributed by atoms with Crippen LogP contribution >= 0.6 is 22.9 Å². The molecule has 1 aromatic heterocycles. The number of anilines is 1. The molecule has 0 aliphatic carbocycles. The minimum Gasteiger partial charge on any atom is -0.495 e. The largest absolute Gasteiger partial charge is 0.495 e. The molecular formula is C13H13ClN2O2S. The Morgan fingerprint density at radius 3 is 2.89 bits per heavy atom. The quantitative estimate of drug-likeness (QED) is 0.942. The highest BCUT2D eigenvalue weighted by Crippen LogP contribution is 2.25. The summed E-state index contributed by atoms with van der Waals surface area (Å²) < 4.78 is 5.06. The molecule has 2 aromatic rings. The standard InChI is InChI=1S/C13H13ClN2O2S/c1-8-7-19-13(15-8)16-12(17)6-9-3-4-11(18-2)10(14)5-9/h3-5,7H,6H2,1-2H3,(H,15,16,17). The second kappa shape index (κ2) is 6.04. The van der Waals surface area contributed by atoms with E-state index in [2.05, 4.69) is 10.3 Å². The minimum absolute atomic E-state index is 0.115. The van der Waals surface area contributed by atoms with Gasteiger partial charge in [-0.25, -0.2) is 4.98 Å². The molecule has 0 bridgehead atoms. The molecule has 0 unspecified atom stereocenters. The molecule has 19 heavy (non-hydrogen) atoms. The molecule has 0 saturated carbocycles. The van der Waals surface area contributed by atoms with Crippen molar-refractivity contribution in [3.05, 3.63) is 39.9 Å². The fourth-order valence-electron chi connectivity index (χ4n) is 1.58. The maximum absolute atomic E-state index is 11.8. The number of carbonyl (C=O) groups is 1. The molecule has 0 atom stereocenters. The molecule has 100 valence electrons. The number of carbonyl (C=O) groups excluding carboxylic acids is 1. The first kappa shape index (κ1) is 13.8. The summed E-state index contributed by atoms with van der Waals surface area (Å²) in [6, 6.07) is 5.29. The summed E-state index contributed by atoms with van der Waals surface area (Å²) in [4.78, 5) is 16.0. The smallest absolute Gasteiger partial charge is 0.230 e. The molecule has 0 aliphatic rings. The number of halogens is 1. The van der Waals surface area contributed by atoms with Gasteiger partial charge in [0.2, 0.25) is 5.91 Å². The lowest BCUT2D eigenvalue weighted by Crippen LogP contribution is -2.14. The third-order valence-corrected chi connectivity index (χ3v) is 3.62. The average Bonchev–Trinajstić information content (AvgIpc) is 2.74. The average molecular weight is 297 g/mol. The summed E-state index contributed by atoms with van der Waals surface area (Å²) in [5.41, 5.74) is 1.73. The second-order valence-electron chi connectivity index (χ2n) is 3.99. The van der Waals surface area contributed by atoms with Crippen LogP contribution in [-0.4, -0.2) is 18.0 Å². The number of rotatable bonds is 4. The summed E-state index contributed by atoms with van der Waals surface area (Å²) in [6.07, 6.45) is 0.252. The Balaban J connectivity index is 2.00. The van der Waals surface area contributed by atoms with Gasteiger partial charge in [0.05, 0.1) is 24.2 Å². The Morgan fingerprint density at radius 1 is 1.53 bits per heavy atom. The van der Waals surface area contributed by atoms with Crippen LogP contribution in [0.1, 0.15) is 11.3 Å². The summed E-state index contributed by atoms with van der Waals surface area (Å²) in [5, 5.41) is 5.75. The lowest BCUT2D eigenvalue weighted by atomic mass is 10.1. The Bertz CT molecular complexity index is 598. The third-order valence-electron chi connectivity index (χ3n) is 2.45. The fraction of sp³-hybridized carbons (Fsp3) is 0.231. The van der Waals surface area contributed by atoms with Gasteiger partial charge in [0.15, 0.2) is 5.13 Å².